The number of hydrogen-bond acceptors (Lipinski definition) is 3. The number of hydrogen-bond donors (Lipinski definition) is 2. The first-order valence-electron chi connectivity index (χ1n) is 7.00. The molecule has 1 aromatic rings. The molecule has 1 saturated carbocycles. The molecule has 0 aliphatic heterocycles. The monoisotopic (exact) mass is 312 g/mol. The second-order valence-corrected chi connectivity index (χ2v) is 6.65. The van der Waals surface area contributed by atoms with Crippen molar-refractivity contribution in [3.8, 4) is 0 Å². The predicted octanol–water partition coefficient (Wildman–Crippen LogP) is 2.82. The van der Waals surface area contributed by atoms with Gasteiger partial charge in [-0.2, -0.15) is 0 Å². The molecule has 3 nitrogen and oxygen atoms in total. The predicted molar refractivity (Wildman–Crippen MR) is 85.9 cm³/mol. The summed E-state index contributed by atoms with van der Waals surface area (Å²) in [7, 11) is 0. The van der Waals surface area contributed by atoms with Crippen molar-refractivity contribution >= 4 is 29.3 Å². The van der Waals surface area contributed by atoms with Crippen LogP contribution < -0.4 is 11.1 Å². The minimum Gasteiger partial charge on any atom is -0.352 e. The highest BCUT2D eigenvalue weighted by Gasteiger charge is 2.26. The quantitative estimate of drug-likeness (QED) is 0.849. The van der Waals surface area contributed by atoms with Crippen LogP contribution in [-0.4, -0.2) is 24.2 Å². The smallest absolute Gasteiger partial charge is 0.230 e. The Hall–Kier alpha value is -0.710. The van der Waals surface area contributed by atoms with Crippen LogP contribution in [0.1, 0.15) is 24.8 Å². The lowest BCUT2D eigenvalue weighted by atomic mass is 10.0. The fourth-order valence-corrected chi connectivity index (χ4v) is 3.64. The van der Waals surface area contributed by atoms with Crippen LogP contribution in [0.2, 0.25) is 5.02 Å². The summed E-state index contributed by atoms with van der Waals surface area (Å²) in [4.78, 5) is 11.9. The minimum atomic E-state index is 0.113. The van der Waals surface area contributed by atoms with Crippen LogP contribution in [-0.2, 0) is 10.5 Å². The Bertz CT molecular complexity index is 455. The molecule has 5 heteroatoms. The molecule has 2 rings (SSSR count). The first-order valence-corrected chi connectivity index (χ1v) is 8.54. The number of thioether (sulfide) groups is 1. The molecule has 1 aromatic carbocycles. The van der Waals surface area contributed by atoms with Crippen LogP contribution >= 0.6 is 23.4 Å². The minimum absolute atomic E-state index is 0.113. The van der Waals surface area contributed by atoms with Gasteiger partial charge in [0.2, 0.25) is 5.91 Å². The van der Waals surface area contributed by atoms with Crippen molar-refractivity contribution in [3.05, 3.63) is 34.9 Å². The van der Waals surface area contributed by atoms with Crippen LogP contribution in [0.15, 0.2) is 24.3 Å². The summed E-state index contributed by atoms with van der Waals surface area (Å²) in [6.07, 6.45) is 3.37. The Balaban J connectivity index is 1.70. The molecular formula is C15H21ClN2OS. The van der Waals surface area contributed by atoms with E-state index in [1.54, 1.807) is 11.8 Å². The highest BCUT2D eigenvalue weighted by molar-refractivity contribution is 7.99. The van der Waals surface area contributed by atoms with Gasteiger partial charge in [0, 0.05) is 16.8 Å². The van der Waals surface area contributed by atoms with Crippen molar-refractivity contribution < 1.29 is 4.79 Å². The first kappa shape index (κ1) is 15.7. The number of nitrogens with two attached hydrogens (primary N) is 1. The van der Waals surface area contributed by atoms with Crippen molar-refractivity contribution in [2.75, 3.05) is 12.3 Å². The van der Waals surface area contributed by atoms with Gasteiger partial charge < -0.3 is 11.1 Å². The van der Waals surface area contributed by atoms with Gasteiger partial charge in [0.15, 0.2) is 0 Å². The van der Waals surface area contributed by atoms with E-state index in [1.807, 2.05) is 24.3 Å². The third-order valence-corrected chi connectivity index (χ3v) is 4.94. The SMILES string of the molecule is NCC1CCCC1NC(=O)CSCc1cccc(Cl)c1. The number of benzene rings is 1. The molecule has 1 amide bonds. The lowest BCUT2D eigenvalue weighted by Crippen LogP contribution is -2.40. The number of amides is 1. The molecule has 1 aliphatic rings. The van der Waals surface area contributed by atoms with Crippen LogP contribution in [0.5, 0.6) is 0 Å². The average Bonchev–Trinajstić information content (AvgIpc) is 2.86. The topological polar surface area (TPSA) is 55.1 Å². The Morgan fingerprint density at radius 1 is 1.45 bits per heavy atom. The third kappa shape index (κ3) is 4.69. The van der Waals surface area contributed by atoms with E-state index in [0.717, 1.165) is 29.2 Å². The Labute approximate surface area is 129 Å². The van der Waals surface area contributed by atoms with Crippen molar-refractivity contribution in [1.82, 2.24) is 5.32 Å². The summed E-state index contributed by atoms with van der Waals surface area (Å²) in [6, 6.07) is 8.03. The maximum atomic E-state index is 11.9. The van der Waals surface area contributed by atoms with Crippen LogP contribution in [0.3, 0.4) is 0 Å². The highest BCUT2D eigenvalue weighted by atomic mass is 35.5. The van der Waals surface area contributed by atoms with E-state index < -0.39 is 0 Å². The lowest BCUT2D eigenvalue weighted by molar-refractivity contribution is -0.119. The summed E-state index contributed by atoms with van der Waals surface area (Å²) < 4.78 is 0. The second kappa shape index (κ2) is 7.91. The Morgan fingerprint density at radius 2 is 2.30 bits per heavy atom. The van der Waals surface area contributed by atoms with E-state index in [2.05, 4.69) is 5.32 Å². The molecule has 0 heterocycles. The zero-order chi connectivity index (χ0) is 14.4. The molecular weight excluding hydrogens is 292 g/mol. The zero-order valence-electron chi connectivity index (χ0n) is 11.5. The van der Waals surface area contributed by atoms with Gasteiger partial charge in [0.05, 0.1) is 5.75 Å². The highest BCUT2D eigenvalue weighted by Crippen LogP contribution is 2.24. The Kier molecular flexibility index (Phi) is 6.20. The van der Waals surface area contributed by atoms with Gasteiger partial charge in [-0.15, -0.1) is 11.8 Å². The molecule has 110 valence electrons. The van der Waals surface area contributed by atoms with Gasteiger partial charge in [-0.1, -0.05) is 30.2 Å². The van der Waals surface area contributed by atoms with Gasteiger partial charge in [-0.3, -0.25) is 4.79 Å². The molecule has 20 heavy (non-hydrogen) atoms. The average molecular weight is 313 g/mol. The van der Waals surface area contributed by atoms with Crippen molar-refractivity contribution in [2.24, 2.45) is 11.7 Å². The number of rotatable bonds is 6. The second-order valence-electron chi connectivity index (χ2n) is 5.22. The van der Waals surface area contributed by atoms with E-state index in [-0.39, 0.29) is 11.9 Å². The van der Waals surface area contributed by atoms with Crippen LogP contribution in [0.4, 0.5) is 0 Å². The van der Waals surface area contributed by atoms with Gasteiger partial charge in [0.1, 0.15) is 0 Å². The molecule has 2 atom stereocenters. The van der Waals surface area contributed by atoms with Gasteiger partial charge in [0.25, 0.3) is 0 Å². The van der Waals surface area contributed by atoms with Crippen LogP contribution in [0, 0.1) is 5.92 Å². The molecule has 1 aliphatic carbocycles. The van der Waals surface area contributed by atoms with Crippen molar-refractivity contribution in [1.29, 1.82) is 0 Å². The standard InChI is InChI=1S/C15H21ClN2OS/c16-13-5-1-3-11(7-13)9-20-10-15(19)18-14-6-2-4-12(14)8-17/h1,3,5,7,12,14H,2,4,6,8-10,17H2,(H,18,19). The number of halogens is 1. The summed E-state index contributed by atoms with van der Waals surface area (Å²) in [6.45, 7) is 0.667. The summed E-state index contributed by atoms with van der Waals surface area (Å²) in [5, 5.41) is 3.85. The molecule has 0 aromatic heterocycles. The van der Waals surface area contributed by atoms with Crippen molar-refractivity contribution in [3.63, 3.8) is 0 Å². The van der Waals surface area contributed by atoms with E-state index in [9.17, 15) is 4.79 Å². The number of carbonyl (C=O) groups is 1. The summed E-state index contributed by atoms with van der Waals surface area (Å²) in [5.74, 6) is 1.86. The summed E-state index contributed by atoms with van der Waals surface area (Å²) >= 11 is 7.54. The molecule has 0 radical (unpaired) electrons. The normalized spacial score (nSPS) is 21.9. The van der Waals surface area contributed by atoms with E-state index in [1.165, 1.54) is 6.42 Å². The van der Waals surface area contributed by atoms with E-state index in [0.29, 0.717) is 18.2 Å². The molecule has 2 unspecified atom stereocenters. The van der Waals surface area contributed by atoms with Gasteiger partial charge in [-0.05, 0) is 43.0 Å². The third-order valence-electron chi connectivity index (χ3n) is 3.70. The largest absolute Gasteiger partial charge is 0.352 e. The maximum Gasteiger partial charge on any atom is 0.230 e. The fourth-order valence-electron chi connectivity index (χ4n) is 2.65. The molecule has 0 bridgehead atoms. The summed E-state index contributed by atoms with van der Waals surface area (Å²) in [5.41, 5.74) is 6.87. The van der Waals surface area contributed by atoms with E-state index in [4.69, 9.17) is 17.3 Å². The Morgan fingerprint density at radius 3 is 3.05 bits per heavy atom. The van der Waals surface area contributed by atoms with Gasteiger partial charge >= 0.3 is 0 Å². The molecule has 0 saturated heterocycles. The van der Waals surface area contributed by atoms with Gasteiger partial charge in [-0.25, -0.2) is 0 Å². The fraction of sp³-hybridized carbons (Fsp3) is 0.533. The molecule has 0 spiro atoms. The maximum absolute atomic E-state index is 11.9. The van der Waals surface area contributed by atoms with E-state index >= 15 is 0 Å². The van der Waals surface area contributed by atoms with Crippen molar-refractivity contribution in [2.45, 2.75) is 31.1 Å². The lowest BCUT2D eigenvalue weighted by Gasteiger charge is -2.19. The van der Waals surface area contributed by atoms with Crippen LogP contribution in [0.25, 0.3) is 0 Å². The number of nitrogens with one attached hydrogen (secondary N) is 1. The molecule has 3 N–H and O–H groups in total. The zero-order valence-corrected chi connectivity index (χ0v) is 13.1. The first-order chi connectivity index (χ1) is 9.69. The number of carbonyl (C=O) groups excluding carboxylic acids is 1. The molecule has 1 fully saturated rings.